The van der Waals surface area contributed by atoms with Gasteiger partial charge in [-0.1, -0.05) is 71.7 Å². The van der Waals surface area contributed by atoms with Crippen LogP contribution >= 0.6 is 35.6 Å². The quantitative estimate of drug-likeness (QED) is 0.0785. The number of primary amides is 2. The van der Waals surface area contributed by atoms with Gasteiger partial charge in [0.2, 0.25) is 17.8 Å². The van der Waals surface area contributed by atoms with Crippen molar-refractivity contribution in [1.29, 1.82) is 1.34 Å². The summed E-state index contributed by atoms with van der Waals surface area (Å²) >= 11 is 12.1. The van der Waals surface area contributed by atoms with Gasteiger partial charge < -0.3 is 31.2 Å². The van der Waals surface area contributed by atoms with Crippen molar-refractivity contribution in [3.8, 4) is 33.8 Å². The van der Waals surface area contributed by atoms with E-state index in [0.29, 0.717) is 73.6 Å². The minimum atomic E-state index is -0.562. The Kier molecular flexibility index (Phi) is 23.5. The molecule has 0 unspecified atom stereocenters. The standard InChI is InChI=1S/C22H21ClFN3O2.C19H14ClF2NO.C3H8N2O.BH.ClH.U/c1-27(13-19(25)28)20-9-6-14(12-26-20)10-16-7-8-18(29-2)21(22(16)24)15-4-3-5-17(23)11-15;1-24-16-7-6-14(9-12-5-8-17(21)23-11-12)19(22)18(16)13-3-2-4-15(20)10-13;1-5-2-3(4)6;;;/h3-9,11-12H,10,13H2,1-2H3,(H2,25,28);2-8,10-11H,9H2,1H3;5H,2H2,1H3,(H2,4,6);2*1H;/i;;;1D;;. The average Bonchev–Trinajstić information content (AvgIpc) is 3.24. The van der Waals surface area contributed by atoms with E-state index in [1.54, 1.807) is 110 Å². The van der Waals surface area contributed by atoms with Gasteiger partial charge in [0.1, 0.15) is 29.0 Å². The molecular weight excluding hydrogens is 1090 g/mol. The van der Waals surface area contributed by atoms with Crippen molar-refractivity contribution in [3.05, 3.63) is 159 Å². The minimum absolute atomic E-state index is 0. The molecule has 0 aliphatic carbocycles. The summed E-state index contributed by atoms with van der Waals surface area (Å²) in [4.78, 5) is 30.4. The second-order valence-electron chi connectivity index (χ2n) is 12.9. The average molecular weight is 1140 g/mol. The van der Waals surface area contributed by atoms with Crippen LogP contribution in [-0.4, -0.2) is 72.9 Å². The van der Waals surface area contributed by atoms with Crippen molar-refractivity contribution in [2.24, 2.45) is 11.5 Å². The van der Waals surface area contributed by atoms with Gasteiger partial charge in [-0.2, -0.15) is 4.39 Å². The van der Waals surface area contributed by atoms with Crippen molar-refractivity contribution >= 4 is 61.6 Å². The number of methoxy groups -OCH3 is 2. The first-order chi connectivity index (χ1) is 29.2. The van der Waals surface area contributed by atoms with E-state index in [1.165, 1.54) is 26.5 Å². The van der Waals surface area contributed by atoms with Crippen molar-refractivity contribution < 1.29 is 63.3 Å². The number of carbonyl (C=O) groups excluding carboxylic acids is 2. The minimum Gasteiger partial charge on any atom is -0.496 e. The van der Waals surface area contributed by atoms with E-state index in [0.717, 1.165) is 11.1 Å². The van der Waals surface area contributed by atoms with E-state index in [1.807, 2.05) is 6.07 Å². The maximum absolute atomic E-state index is 15.4. The zero-order valence-corrected chi connectivity index (χ0v) is 40.7. The molecule has 0 atom stereocenters. The van der Waals surface area contributed by atoms with Crippen LogP contribution in [0, 0.1) is 48.7 Å². The first kappa shape index (κ1) is 53.4. The number of hydrogen-bond acceptors (Lipinski definition) is 8. The summed E-state index contributed by atoms with van der Waals surface area (Å²) < 4.78 is 59.3. The van der Waals surface area contributed by atoms with E-state index >= 15 is 8.78 Å². The number of halogens is 6. The molecule has 2 amide bonds. The summed E-state index contributed by atoms with van der Waals surface area (Å²) in [6.45, 7) is 0.336. The van der Waals surface area contributed by atoms with Crippen LogP contribution in [-0.2, 0) is 22.4 Å². The summed E-state index contributed by atoms with van der Waals surface area (Å²) in [5.74, 6) is -0.589. The number of benzene rings is 4. The Morgan fingerprint density at radius 2 is 1.21 bits per heavy atom. The van der Waals surface area contributed by atoms with Gasteiger partial charge in [0, 0.05) is 81.8 Å². The number of nitrogens with zero attached hydrogens (tertiary/aromatic N) is 3. The van der Waals surface area contributed by atoms with Crippen molar-refractivity contribution in [2.75, 3.05) is 46.3 Å². The van der Waals surface area contributed by atoms with Gasteiger partial charge in [0.05, 0.1) is 38.4 Å². The predicted octanol–water partition coefficient (Wildman–Crippen LogP) is 7.81. The van der Waals surface area contributed by atoms with Gasteiger partial charge in [-0.25, -0.2) is 18.7 Å². The molecule has 18 heteroatoms. The molecule has 2 heterocycles. The van der Waals surface area contributed by atoms with Gasteiger partial charge in [-0.15, -0.1) is 12.4 Å². The van der Waals surface area contributed by atoms with Gasteiger partial charge >= 0.3 is 0 Å². The number of likely N-dealkylation sites (N-methyl/N-ethyl adjacent to an activating group) is 2. The van der Waals surface area contributed by atoms with Gasteiger partial charge in [0.25, 0.3) is 0 Å². The Balaban J connectivity index is 0.000000530. The SMILES string of the molecule is CNCC(N)=O.COc1ccc(Cc2ccc(F)nc2)c(F)c1-c1cccc(Cl)c1.COc1ccc(Cc2ccc(N(C)CC(N)=O)nc2)c(F)c1-c1cccc(Cl)c1.Cl.[2H][B].[U]. The number of nitrogens with one attached hydrogen (secondary N) is 1. The van der Waals surface area contributed by atoms with E-state index in [4.69, 9.17) is 45.5 Å². The van der Waals surface area contributed by atoms with Crippen LogP contribution in [0.2, 0.25) is 10.0 Å². The maximum Gasteiger partial charge on any atom is 0.236 e. The second-order valence-corrected chi connectivity index (χ2v) is 13.8. The molecule has 5 N–H and O–H groups in total. The van der Waals surface area contributed by atoms with Gasteiger partial charge in [0.15, 0.2) is 0 Å². The van der Waals surface area contributed by atoms with E-state index < -0.39 is 11.9 Å². The summed E-state index contributed by atoms with van der Waals surface area (Å²) in [7, 11) is 10.2. The van der Waals surface area contributed by atoms with Crippen LogP contribution in [0.5, 0.6) is 11.5 Å². The molecule has 0 aliphatic rings. The molecule has 6 rings (SSSR count). The molecule has 0 spiro atoms. The van der Waals surface area contributed by atoms with Crippen LogP contribution in [0.1, 0.15) is 22.3 Å². The second kappa shape index (κ2) is 27.3. The van der Waals surface area contributed by atoms with Crippen molar-refractivity contribution in [3.63, 3.8) is 0 Å². The monoisotopic (exact) mass is 1130 g/mol. The number of amides is 2. The summed E-state index contributed by atoms with van der Waals surface area (Å²) in [5, 5.41) is 3.63. The van der Waals surface area contributed by atoms with Crippen LogP contribution in [0.25, 0.3) is 22.3 Å². The normalized spacial score (nSPS) is 9.98. The molecule has 0 saturated heterocycles. The fourth-order valence-electron chi connectivity index (χ4n) is 5.83. The van der Waals surface area contributed by atoms with E-state index in [-0.39, 0.29) is 74.2 Å². The van der Waals surface area contributed by atoms with E-state index in [2.05, 4.69) is 23.7 Å². The number of ether oxygens (including phenoxy) is 2. The molecule has 2 aromatic heterocycles. The van der Waals surface area contributed by atoms with Gasteiger partial charge in [-0.05, 0) is 90.3 Å². The first-order valence-corrected chi connectivity index (χ1v) is 18.7. The van der Waals surface area contributed by atoms with E-state index in [9.17, 15) is 14.0 Å². The van der Waals surface area contributed by atoms with Crippen LogP contribution in [0.4, 0.5) is 19.0 Å². The van der Waals surface area contributed by atoms with Crippen molar-refractivity contribution in [2.45, 2.75) is 12.8 Å². The molecule has 6 aromatic rings. The number of rotatable bonds is 13. The summed E-state index contributed by atoms with van der Waals surface area (Å²) in [6.07, 6.45) is 3.72. The molecule has 10 nitrogen and oxygen atoms in total. The van der Waals surface area contributed by atoms with Gasteiger partial charge in [-0.3, -0.25) is 9.59 Å². The van der Waals surface area contributed by atoms with Crippen LogP contribution in [0.15, 0.2) is 109 Å². The van der Waals surface area contributed by atoms with Crippen LogP contribution in [0.3, 0.4) is 0 Å². The third kappa shape index (κ3) is 16.2. The Hall–Kier alpha value is -4.74. The molecule has 62 heavy (non-hydrogen) atoms. The number of carbonyl (C=O) groups is 2. The Labute approximate surface area is 402 Å². The number of nitrogens with two attached hydrogens (primary N) is 2. The Bertz CT molecular complexity index is 2380. The fraction of sp³-hybridized carbons (Fsp3) is 0.182. The summed E-state index contributed by atoms with van der Waals surface area (Å²) in [6, 6.07) is 27.2. The number of hydrogen-bond donors (Lipinski definition) is 3. The number of pyridine rings is 2. The molecule has 0 aliphatic heterocycles. The summed E-state index contributed by atoms with van der Waals surface area (Å²) in [5.41, 5.74) is 14.5. The smallest absolute Gasteiger partial charge is 0.236 e. The Morgan fingerprint density at radius 3 is 1.55 bits per heavy atom. The molecule has 0 bridgehead atoms. The Morgan fingerprint density at radius 1 is 0.742 bits per heavy atom. The molecule has 4 aromatic carbocycles. The number of anilines is 1. The first-order valence-electron chi connectivity index (χ1n) is 18.5. The van der Waals surface area contributed by atoms with Crippen molar-refractivity contribution in [1.82, 2.24) is 15.3 Å². The molecular formula is C44H45BCl3F3N6O4U. The third-order valence-corrected chi connectivity index (χ3v) is 9.03. The molecule has 324 valence electrons. The molecule has 2 radical (unpaired) electrons. The molecule has 0 saturated carbocycles. The number of aromatic nitrogens is 2. The maximum atomic E-state index is 15.4. The largest absolute Gasteiger partial charge is 0.496 e. The third-order valence-electron chi connectivity index (χ3n) is 8.56. The topological polar surface area (TPSA) is 146 Å². The van der Waals surface area contributed by atoms with Crippen LogP contribution < -0.4 is 31.2 Å². The molecule has 0 fully saturated rings. The zero-order chi connectivity index (χ0) is 45.1. The predicted molar refractivity (Wildman–Crippen MR) is 241 cm³/mol. The zero-order valence-electron chi connectivity index (χ0n) is 35.2. The fourth-order valence-corrected chi connectivity index (χ4v) is 6.21.